The minimum absolute atomic E-state index is 0. The van der Waals surface area contributed by atoms with Crippen molar-refractivity contribution in [3.05, 3.63) is 35.6 Å². The predicted molar refractivity (Wildman–Crippen MR) is 117 cm³/mol. The molecule has 0 aromatic heterocycles. The molecule has 0 bridgehead atoms. The second-order valence-electron chi connectivity index (χ2n) is 7.31. The van der Waals surface area contributed by atoms with Crippen LogP contribution in [0.25, 0.3) is 0 Å². The number of nitrogens with zero attached hydrogens (tertiary/aromatic N) is 2. The highest BCUT2D eigenvalue weighted by Gasteiger charge is 2.28. The molecule has 0 aliphatic carbocycles. The molecule has 0 atom stereocenters. The van der Waals surface area contributed by atoms with E-state index in [1.807, 2.05) is 13.0 Å². The van der Waals surface area contributed by atoms with Crippen LogP contribution in [0, 0.1) is 11.7 Å². The fourth-order valence-corrected chi connectivity index (χ4v) is 3.23. The molecule has 1 aromatic carbocycles. The number of hydrogen-bond acceptors (Lipinski definition) is 3. The molecule has 0 unspecified atom stereocenters. The summed E-state index contributed by atoms with van der Waals surface area (Å²) in [6.45, 7) is 8.59. The molecule has 0 spiro atoms. The van der Waals surface area contributed by atoms with E-state index in [1.165, 1.54) is 6.07 Å². The Morgan fingerprint density at radius 3 is 2.59 bits per heavy atom. The van der Waals surface area contributed by atoms with Crippen molar-refractivity contribution < 1.29 is 13.9 Å². The van der Waals surface area contributed by atoms with E-state index in [0.29, 0.717) is 13.2 Å². The van der Waals surface area contributed by atoms with Crippen LogP contribution in [-0.2, 0) is 14.9 Å². The van der Waals surface area contributed by atoms with Gasteiger partial charge in [0.25, 0.3) is 0 Å². The molecule has 152 valence electrons. The van der Waals surface area contributed by atoms with E-state index in [1.54, 1.807) is 19.2 Å². The Bertz CT molecular complexity index is 644. The van der Waals surface area contributed by atoms with Gasteiger partial charge in [0, 0.05) is 32.1 Å². The lowest BCUT2D eigenvalue weighted by Crippen LogP contribution is -2.49. The minimum Gasteiger partial charge on any atom is -0.466 e. The van der Waals surface area contributed by atoms with Crippen molar-refractivity contribution in [3.8, 4) is 0 Å². The number of rotatable bonds is 5. The van der Waals surface area contributed by atoms with E-state index in [2.05, 4.69) is 29.1 Å². The average molecular weight is 491 g/mol. The first-order valence-corrected chi connectivity index (χ1v) is 9.25. The normalized spacial score (nSPS) is 15.9. The molecule has 0 saturated carbocycles. The minimum atomic E-state index is -0.235. The van der Waals surface area contributed by atoms with Gasteiger partial charge in [0.2, 0.25) is 0 Å². The summed E-state index contributed by atoms with van der Waals surface area (Å²) < 4.78 is 18.6. The number of nitrogens with one attached hydrogen (secondary N) is 1. The number of esters is 1. The number of guanidine groups is 1. The molecule has 1 N–H and O–H groups in total. The molecule has 1 aromatic rings. The van der Waals surface area contributed by atoms with Crippen LogP contribution in [0.1, 0.15) is 39.2 Å². The zero-order valence-electron chi connectivity index (χ0n) is 16.6. The Morgan fingerprint density at radius 2 is 2.04 bits per heavy atom. The summed E-state index contributed by atoms with van der Waals surface area (Å²) in [6, 6.07) is 6.72. The fraction of sp³-hybridized carbons (Fsp3) is 0.600. The first-order valence-electron chi connectivity index (χ1n) is 9.25. The molecule has 2 rings (SSSR count). The van der Waals surface area contributed by atoms with Gasteiger partial charge in [-0.3, -0.25) is 9.79 Å². The molecule has 1 heterocycles. The molecule has 0 radical (unpaired) electrons. The smallest absolute Gasteiger partial charge is 0.309 e. The Hall–Kier alpha value is -1.38. The summed E-state index contributed by atoms with van der Waals surface area (Å²) in [7, 11) is 1.76. The molecule has 0 amide bonds. The van der Waals surface area contributed by atoms with Crippen LogP contribution in [0.15, 0.2) is 29.3 Å². The summed E-state index contributed by atoms with van der Waals surface area (Å²) >= 11 is 0. The number of hydrogen-bond donors (Lipinski definition) is 1. The highest BCUT2D eigenvalue weighted by Crippen LogP contribution is 2.23. The van der Waals surface area contributed by atoms with Crippen LogP contribution in [0.5, 0.6) is 0 Å². The Morgan fingerprint density at radius 1 is 1.37 bits per heavy atom. The van der Waals surface area contributed by atoms with Crippen molar-refractivity contribution >= 4 is 35.9 Å². The van der Waals surface area contributed by atoms with Gasteiger partial charge in [-0.2, -0.15) is 0 Å². The summed E-state index contributed by atoms with van der Waals surface area (Å²) in [6.07, 6.45) is 1.54. The number of halogens is 2. The summed E-state index contributed by atoms with van der Waals surface area (Å²) in [4.78, 5) is 18.4. The summed E-state index contributed by atoms with van der Waals surface area (Å²) in [5.74, 6) is 0.480. The lowest BCUT2D eigenvalue weighted by Gasteiger charge is -2.35. The van der Waals surface area contributed by atoms with Gasteiger partial charge in [0.1, 0.15) is 5.82 Å². The van der Waals surface area contributed by atoms with Crippen LogP contribution in [-0.4, -0.2) is 50.1 Å². The van der Waals surface area contributed by atoms with Gasteiger partial charge in [-0.05, 0) is 37.5 Å². The number of aliphatic imine (C=N–C) groups is 1. The molecular formula is C20H31FIN3O2. The predicted octanol–water partition coefficient (Wildman–Crippen LogP) is 3.57. The van der Waals surface area contributed by atoms with Crippen molar-refractivity contribution in [2.75, 3.05) is 33.3 Å². The van der Waals surface area contributed by atoms with Crippen LogP contribution < -0.4 is 5.32 Å². The van der Waals surface area contributed by atoms with E-state index < -0.39 is 0 Å². The van der Waals surface area contributed by atoms with Crippen LogP contribution >= 0.6 is 24.0 Å². The number of ether oxygens (including phenoxy) is 1. The van der Waals surface area contributed by atoms with Gasteiger partial charge in [0.05, 0.1) is 12.5 Å². The third-order valence-corrected chi connectivity index (χ3v) is 4.92. The monoisotopic (exact) mass is 491 g/mol. The number of benzene rings is 1. The topological polar surface area (TPSA) is 53.9 Å². The average Bonchev–Trinajstić information content (AvgIpc) is 2.63. The first kappa shape index (κ1) is 23.7. The van der Waals surface area contributed by atoms with Crippen LogP contribution in [0.4, 0.5) is 4.39 Å². The lowest BCUT2D eigenvalue weighted by atomic mass is 9.84. The van der Waals surface area contributed by atoms with Crippen LogP contribution in [0.2, 0.25) is 0 Å². The van der Waals surface area contributed by atoms with Gasteiger partial charge >= 0.3 is 5.97 Å². The molecule has 27 heavy (non-hydrogen) atoms. The second-order valence-corrected chi connectivity index (χ2v) is 7.31. The van der Waals surface area contributed by atoms with Crippen molar-refractivity contribution in [1.29, 1.82) is 0 Å². The SMILES string of the molecule is CCOC(=O)C1CCN(C(=NC)NCC(C)(C)c2cccc(F)c2)CC1.I. The number of likely N-dealkylation sites (tertiary alicyclic amines) is 1. The van der Waals surface area contributed by atoms with Gasteiger partial charge in [-0.1, -0.05) is 26.0 Å². The Labute approximate surface area is 178 Å². The van der Waals surface area contributed by atoms with E-state index in [4.69, 9.17) is 4.74 Å². The zero-order valence-corrected chi connectivity index (χ0v) is 19.0. The van der Waals surface area contributed by atoms with E-state index in [-0.39, 0.29) is 47.1 Å². The molecule has 7 heteroatoms. The summed E-state index contributed by atoms with van der Waals surface area (Å²) in [5.41, 5.74) is 0.711. The maximum absolute atomic E-state index is 13.5. The largest absolute Gasteiger partial charge is 0.466 e. The van der Waals surface area contributed by atoms with Gasteiger partial charge in [-0.15, -0.1) is 24.0 Å². The third kappa shape index (κ3) is 6.62. The quantitative estimate of drug-likeness (QED) is 0.296. The van der Waals surface area contributed by atoms with Crippen molar-refractivity contribution in [3.63, 3.8) is 0 Å². The zero-order chi connectivity index (χ0) is 19.2. The van der Waals surface area contributed by atoms with E-state index in [9.17, 15) is 9.18 Å². The number of carbonyl (C=O) groups is 1. The van der Waals surface area contributed by atoms with Crippen LogP contribution in [0.3, 0.4) is 0 Å². The summed E-state index contributed by atoms with van der Waals surface area (Å²) in [5, 5.41) is 3.40. The number of piperidine rings is 1. The van der Waals surface area contributed by atoms with Crippen molar-refractivity contribution in [2.45, 2.75) is 39.0 Å². The van der Waals surface area contributed by atoms with Crippen molar-refractivity contribution in [1.82, 2.24) is 10.2 Å². The fourth-order valence-electron chi connectivity index (χ4n) is 3.23. The molecule has 1 aliphatic rings. The van der Waals surface area contributed by atoms with E-state index in [0.717, 1.165) is 37.5 Å². The Balaban J connectivity index is 0.00000364. The highest BCUT2D eigenvalue weighted by atomic mass is 127. The first-order chi connectivity index (χ1) is 12.4. The molecule has 5 nitrogen and oxygen atoms in total. The number of carbonyl (C=O) groups excluding carboxylic acids is 1. The molecule has 1 aliphatic heterocycles. The standard InChI is InChI=1S/C20H30FN3O2.HI/c1-5-26-18(25)15-9-11-24(12-10-15)19(22-4)23-14-20(2,3)16-7-6-8-17(21)13-16;/h6-8,13,15H,5,9-12,14H2,1-4H3,(H,22,23);1H. The molecule has 1 fully saturated rings. The maximum Gasteiger partial charge on any atom is 0.309 e. The third-order valence-electron chi connectivity index (χ3n) is 4.92. The van der Waals surface area contributed by atoms with Gasteiger partial charge in [0.15, 0.2) is 5.96 Å². The highest BCUT2D eigenvalue weighted by molar-refractivity contribution is 14.0. The lowest BCUT2D eigenvalue weighted by molar-refractivity contribution is -0.149. The molecule has 1 saturated heterocycles. The maximum atomic E-state index is 13.5. The Kier molecular flexibility index (Phi) is 9.49. The van der Waals surface area contributed by atoms with Gasteiger partial charge in [-0.25, -0.2) is 4.39 Å². The molecular weight excluding hydrogens is 460 g/mol. The van der Waals surface area contributed by atoms with E-state index >= 15 is 0 Å². The van der Waals surface area contributed by atoms with Gasteiger partial charge < -0.3 is 15.0 Å². The second kappa shape index (κ2) is 10.8. The van der Waals surface area contributed by atoms with Crippen molar-refractivity contribution in [2.24, 2.45) is 10.9 Å².